The van der Waals surface area contributed by atoms with Crippen LogP contribution in [0.1, 0.15) is 5.82 Å². The zero-order chi connectivity index (χ0) is 8.55. The molecule has 0 spiro atoms. The van der Waals surface area contributed by atoms with E-state index >= 15 is 0 Å². The molecule has 1 heterocycles. The first-order valence-corrected chi connectivity index (χ1v) is 4.44. The summed E-state index contributed by atoms with van der Waals surface area (Å²) in [6.07, 6.45) is 1.84. The molecule has 0 fully saturated rings. The SMILES string of the molecule is Cc1ncc2cccc(Br)c2n1. The van der Waals surface area contributed by atoms with Gasteiger partial charge in [-0.1, -0.05) is 12.1 Å². The molecule has 2 aromatic rings. The van der Waals surface area contributed by atoms with Crippen molar-refractivity contribution in [2.24, 2.45) is 0 Å². The zero-order valence-electron chi connectivity index (χ0n) is 6.58. The van der Waals surface area contributed by atoms with Gasteiger partial charge in [0.25, 0.3) is 0 Å². The molecule has 1 aromatic carbocycles. The molecular weight excluding hydrogens is 216 g/mol. The van der Waals surface area contributed by atoms with Gasteiger partial charge in [0, 0.05) is 16.1 Å². The second kappa shape index (κ2) is 2.83. The molecule has 1 aromatic heterocycles. The summed E-state index contributed by atoms with van der Waals surface area (Å²) >= 11 is 3.44. The Bertz CT molecular complexity index is 426. The highest BCUT2D eigenvalue weighted by Crippen LogP contribution is 2.20. The van der Waals surface area contributed by atoms with Gasteiger partial charge in [-0.05, 0) is 28.9 Å². The third-order valence-electron chi connectivity index (χ3n) is 1.68. The van der Waals surface area contributed by atoms with Crippen LogP contribution in [0.25, 0.3) is 10.9 Å². The van der Waals surface area contributed by atoms with Crippen LogP contribution in [0.3, 0.4) is 0 Å². The zero-order valence-corrected chi connectivity index (χ0v) is 8.17. The van der Waals surface area contributed by atoms with Crippen LogP contribution in [0, 0.1) is 6.92 Å². The standard InChI is InChI=1S/C9H7BrN2/c1-6-11-5-7-3-2-4-8(10)9(7)12-6/h2-5H,1H3. The molecule has 0 atom stereocenters. The summed E-state index contributed by atoms with van der Waals surface area (Å²) in [7, 11) is 0. The molecule has 60 valence electrons. The van der Waals surface area contributed by atoms with Crippen LogP contribution in [0.5, 0.6) is 0 Å². The Balaban J connectivity index is 2.88. The number of para-hydroxylation sites is 1. The average Bonchev–Trinajstić information content (AvgIpc) is 2.07. The number of benzene rings is 1. The highest BCUT2D eigenvalue weighted by molar-refractivity contribution is 9.10. The van der Waals surface area contributed by atoms with Crippen LogP contribution in [0.15, 0.2) is 28.9 Å². The van der Waals surface area contributed by atoms with Gasteiger partial charge in [0.05, 0.1) is 5.52 Å². The summed E-state index contributed by atoms with van der Waals surface area (Å²) in [5.74, 6) is 0.800. The van der Waals surface area contributed by atoms with Crippen LogP contribution in [0.2, 0.25) is 0 Å². The van der Waals surface area contributed by atoms with Gasteiger partial charge in [-0.25, -0.2) is 9.97 Å². The minimum absolute atomic E-state index is 0.800. The molecule has 2 rings (SSSR count). The number of fused-ring (bicyclic) bond motifs is 1. The Morgan fingerprint density at radius 3 is 3.00 bits per heavy atom. The molecule has 12 heavy (non-hydrogen) atoms. The first-order valence-electron chi connectivity index (χ1n) is 3.65. The summed E-state index contributed by atoms with van der Waals surface area (Å²) in [6, 6.07) is 5.96. The van der Waals surface area contributed by atoms with Crippen LogP contribution >= 0.6 is 15.9 Å². The van der Waals surface area contributed by atoms with Gasteiger partial charge in [-0.15, -0.1) is 0 Å². The molecule has 0 aliphatic carbocycles. The fourth-order valence-corrected chi connectivity index (χ4v) is 1.58. The Labute approximate surface area is 78.8 Å². The topological polar surface area (TPSA) is 25.8 Å². The Kier molecular flexibility index (Phi) is 1.81. The summed E-state index contributed by atoms with van der Waals surface area (Å²) in [4.78, 5) is 8.43. The molecule has 0 radical (unpaired) electrons. The van der Waals surface area contributed by atoms with Crippen molar-refractivity contribution >= 4 is 26.8 Å². The van der Waals surface area contributed by atoms with E-state index in [1.54, 1.807) is 0 Å². The van der Waals surface area contributed by atoms with E-state index in [-0.39, 0.29) is 0 Å². The molecule has 0 unspecified atom stereocenters. The Morgan fingerprint density at radius 2 is 2.17 bits per heavy atom. The van der Waals surface area contributed by atoms with Crippen molar-refractivity contribution in [3.8, 4) is 0 Å². The van der Waals surface area contributed by atoms with Gasteiger partial charge in [0.2, 0.25) is 0 Å². The van der Waals surface area contributed by atoms with Gasteiger partial charge in [0.1, 0.15) is 5.82 Å². The van der Waals surface area contributed by atoms with Gasteiger partial charge in [-0.3, -0.25) is 0 Å². The lowest BCUT2D eigenvalue weighted by Crippen LogP contribution is -1.87. The highest BCUT2D eigenvalue weighted by atomic mass is 79.9. The normalized spacial score (nSPS) is 10.5. The van der Waals surface area contributed by atoms with Gasteiger partial charge >= 0.3 is 0 Å². The second-order valence-electron chi connectivity index (χ2n) is 2.59. The molecule has 0 amide bonds. The van der Waals surface area contributed by atoms with Crippen molar-refractivity contribution in [1.29, 1.82) is 0 Å². The highest BCUT2D eigenvalue weighted by Gasteiger charge is 1.98. The van der Waals surface area contributed by atoms with Crippen molar-refractivity contribution < 1.29 is 0 Å². The lowest BCUT2D eigenvalue weighted by molar-refractivity contribution is 1.09. The minimum Gasteiger partial charge on any atom is -0.241 e. The van der Waals surface area contributed by atoms with Crippen LogP contribution in [-0.2, 0) is 0 Å². The first kappa shape index (κ1) is 7.68. The number of hydrogen-bond acceptors (Lipinski definition) is 2. The molecule has 0 bridgehead atoms. The maximum absolute atomic E-state index is 4.32. The van der Waals surface area contributed by atoms with Gasteiger partial charge in [0.15, 0.2) is 0 Å². The van der Waals surface area contributed by atoms with E-state index in [1.807, 2.05) is 31.3 Å². The molecule has 0 saturated carbocycles. The number of aryl methyl sites for hydroxylation is 1. The first-order chi connectivity index (χ1) is 5.77. The maximum atomic E-state index is 4.32. The van der Waals surface area contributed by atoms with E-state index < -0.39 is 0 Å². The van der Waals surface area contributed by atoms with Crippen LogP contribution < -0.4 is 0 Å². The average molecular weight is 223 g/mol. The monoisotopic (exact) mass is 222 g/mol. The van der Waals surface area contributed by atoms with E-state index in [0.29, 0.717) is 0 Å². The van der Waals surface area contributed by atoms with Crippen LogP contribution in [-0.4, -0.2) is 9.97 Å². The minimum atomic E-state index is 0.800. The summed E-state index contributed by atoms with van der Waals surface area (Å²) in [6.45, 7) is 1.89. The van der Waals surface area contributed by atoms with Gasteiger partial charge < -0.3 is 0 Å². The molecule has 0 aliphatic heterocycles. The van der Waals surface area contributed by atoms with E-state index in [4.69, 9.17) is 0 Å². The van der Waals surface area contributed by atoms with E-state index in [1.165, 1.54) is 0 Å². The Hall–Kier alpha value is -0.960. The number of hydrogen-bond donors (Lipinski definition) is 0. The lowest BCUT2D eigenvalue weighted by Gasteiger charge is -1.98. The third-order valence-corrected chi connectivity index (χ3v) is 2.32. The molecule has 0 N–H and O–H groups in total. The largest absolute Gasteiger partial charge is 0.241 e. The Morgan fingerprint density at radius 1 is 1.33 bits per heavy atom. The molecule has 0 saturated heterocycles. The summed E-state index contributed by atoms with van der Waals surface area (Å²) < 4.78 is 1.02. The lowest BCUT2D eigenvalue weighted by atomic mass is 10.2. The third kappa shape index (κ3) is 1.20. The van der Waals surface area contributed by atoms with E-state index in [9.17, 15) is 0 Å². The fraction of sp³-hybridized carbons (Fsp3) is 0.111. The number of aromatic nitrogens is 2. The van der Waals surface area contributed by atoms with Crippen molar-refractivity contribution in [2.45, 2.75) is 6.92 Å². The number of nitrogens with zero attached hydrogens (tertiary/aromatic N) is 2. The van der Waals surface area contributed by atoms with Crippen molar-refractivity contribution in [3.63, 3.8) is 0 Å². The van der Waals surface area contributed by atoms with Gasteiger partial charge in [-0.2, -0.15) is 0 Å². The van der Waals surface area contributed by atoms with E-state index in [2.05, 4.69) is 25.9 Å². The van der Waals surface area contributed by atoms with Crippen molar-refractivity contribution in [2.75, 3.05) is 0 Å². The summed E-state index contributed by atoms with van der Waals surface area (Å²) in [5, 5.41) is 1.06. The quantitative estimate of drug-likeness (QED) is 0.686. The summed E-state index contributed by atoms with van der Waals surface area (Å²) in [5.41, 5.74) is 0.977. The smallest absolute Gasteiger partial charge is 0.125 e. The van der Waals surface area contributed by atoms with Crippen LogP contribution in [0.4, 0.5) is 0 Å². The van der Waals surface area contributed by atoms with Crippen molar-refractivity contribution in [3.05, 3.63) is 34.7 Å². The molecular formula is C9H7BrN2. The predicted molar refractivity (Wildman–Crippen MR) is 52.0 cm³/mol. The fourth-order valence-electron chi connectivity index (χ4n) is 1.11. The molecule has 0 aliphatic rings. The van der Waals surface area contributed by atoms with E-state index in [0.717, 1.165) is 21.2 Å². The molecule has 2 nitrogen and oxygen atoms in total. The second-order valence-corrected chi connectivity index (χ2v) is 3.45. The predicted octanol–water partition coefficient (Wildman–Crippen LogP) is 2.70. The number of halogens is 1. The maximum Gasteiger partial charge on any atom is 0.125 e. The van der Waals surface area contributed by atoms with Crippen molar-refractivity contribution in [1.82, 2.24) is 9.97 Å². The number of rotatable bonds is 0. The molecule has 3 heteroatoms.